The topological polar surface area (TPSA) is 89.8 Å². The maximum Gasteiger partial charge on any atom is 0.306 e. The summed E-state index contributed by atoms with van der Waals surface area (Å²) in [6, 6.07) is 6.82. The van der Waals surface area contributed by atoms with Gasteiger partial charge in [0.25, 0.3) is 0 Å². The van der Waals surface area contributed by atoms with Gasteiger partial charge in [0.15, 0.2) is 0 Å². The summed E-state index contributed by atoms with van der Waals surface area (Å²) in [7, 11) is 1.74. The van der Waals surface area contributed by atoms with E-state index in [1.165, 1.54) is 0 Å². The molecule has 1 aromatic carbocycles. The van der Waals surface area contributed by atoms with E-state index in [0.29, 0.717) is 5.56 Å². The molecule has 0 spiro atoms. The molecule has 0 heterocycles. The normalized spacial score (nSPS) is 14.2. The van der Waals surface area contributed by atoms with Crippen molar-refractivity contribution in [1.29, 1.82) is 0 Å². The molecule has 0 aliphatic heterocycles. The van der Waals surface area contributed by atoms with Crippen LogP contribution in [0.25, 0.3) is 0 Å². The molecule has 2 atom stereocenters. The van der Waals surface area contributed by atoms with Crippen molar-refractivity contribution < 1.29 is 20.1 Å². The SMILES string of the molecule is CNc1cccc(C(O)C(O)CC(=O)O)c1. The van der Waals surface area contributed by atoms with Crippen molar-refractivity contribution in [3.8, 4) is 0 Å². The van der Waals surface area contributed by atoms with Gasteiger partial charge in [-0.2, -0.15) is 0 Å². The third-order valence-electron chi connectivity index (χ3n) is 2.27. The number of hydrogen-bond acceptors (Lipinski definition) is 4. The van der Waals surface area contributed by atoms with Gasteiger partial charge < -0.3 is 20.6 Å². The summed E-state index contributed by atoms with van der Waals surface area (Å²) < 4.78 is 0. The molecule has 5 heteroatoms. The van der Waals surface area contributed by atoms with E-state index in [4.69, 9.17) is 5.11 Å². The molecular formula is C11H15NO4. The molecule has 88 valence electrons. The molecular weight excluding hydrogens is 210 g/mol. The quantitative estimate of drug-likeness (QED) is 0.589. The van der Waals surface area contributed by atoms with Crippen LogP contribution in [0.15, 0.2) is 24.3 Å². The average molecular weight is 225 g/mol. The number of aliphatic carboxylic acids is 1. The monoisotopic (exact) mass is 225 g/mol. The highest BCUT2D eigenvalue weighted by atomic mass is 16.4. The first kappa shape index (κ1) is 12.5. The fourth-order valence-corrected chi connectivity index (χ4v) is 1.39. The molecule has 0 amide bonds. The summed E-state index contributed by atoms with van der Waals surface area (Å²) in [5.74, 6) is -1.14. The minimum Gasteiger partial charge on any atom is -0.481 e. The van der Waals surface area contributed by atoms with Crippen molar-refractivity contribution in [1.82, 2.24) is 0 Å². The Morgan fingerprint density at radius 1 is 1.44 bits per heavy atom. The predicted molar refractivity (Wildman–Crippen MR) is 59.2 cm³/mol. The first-order chi connectivity index (χ1) is 7.54. The van der Waals surface area contributed by atoms with Crippen LogP contribution in [0.1, 0.15) is 18.1 Å². The van der Waals surface area contributed by atoms with Crippen LogP contribution in [0.3, 0.4) is 0 Å². The smallest absolute Gasteiger partial charge is 0.306 e. The lowest BCUT2D eigenvalue weighted by Gasteiger charge is -2.17. The fourth-order valence-electron chi connectivity index (χ4n) is 1.39. The van der Waals surface area contributed by atoms with Gasteiger partial charge in [-0.05, 0) is 17.7 Å². The Hall–Kier alpha value is -1.59. The van der Waals surface area contributed by atoms with Crippen LogP contribution >= 0.6 is 0 Å². The maximum absolute atomic E-state index is 10.4. The van der Waals surface area contributed by atoms with Gasteiger partial charge in [-0.3, -0.25) is 4.79 Å². The van der Waals surface area contributed by atoms with Crippen molar-refractivity contribution in [3.63, 3.8) is 0 Å². The summed E-state index contributed by atoms with van der Waals surface area (Å²) in [5, 5.41) is 30.6. The van der Waals surface area contributed by atoms with Crippen LogP contribution in [-0.2, 0) is 4.79 Å². The number of carboxylic acid groups (broad SMARTS) is 1. The second kappa shape index (κ2) is 5.48. The van der Waals surface area contributed by atoms with Gasteiger partial charge in [-0.25, -0.2) is 0 Å². The second-order valence-corrected chi connectivity index (χ2v) is 3.49. The second-order valence-electron chi connectivity index (χ2n) is 3.49. The molecule has 0 radical (unpaired) electrons. The van der Waals surface area contributed by atoms with Gasteiger partial charge in [-0.15, -0.1) is 0 Å². The molecule has 2 unspecified atom stereocenters. The van der Waals surface area contributed by atoms with E-state index < -0.39 is 24.6 Å². The maximum atomic E-state index is 10.4. The molecule has 0 bridgehead atoms. The van der Waals surface area contributed by atoms with Crippen LogP contribution in [-0.4, -0.2) is 34.4 Å². The molecule has 1 rings (SSSR count). The first-order valence-corrected chi connectivity index (χ1v) is 4.90. The number of aliphatic hydroxyl groups excluding tert-OH is 2. The molecule has 0 saturated heterocycles. The van der Waals surface area contributed by atoms with Crippen molar-refractivity contribution >= 4 is 11.7 Å². The summed E-state index contributed by atoms with van der Waals surface area (Å²) in [5.41, 5.74) is 1.28. The molecule has 0 aliphatic carbocycles. The number of benzene rings is 1. The molecule has 5 nitrogen and oxygen atoms in total. The van der Waals surface area contributed by atoms with E-state index in [1.807, 2.05) is 0 Å². The lowest BCUT2D eigenvalue weighted by molar-refractivity contribution is -0.141. The Kier molecular flexibility index (Phi) is 4.28. The number of aliphatic hydroxyl groups is 2. The van der Waals surface area contributed by atoms with Crippen LogP contribution < -0.4 is 5.32 Å². The molecule has 0 fully saturated rings. The number of rotatable bonds is 5. The van der Waals surface area contributed by atoms with E-state index in [-0.39, 0.29) is 0 Å². The van der Waals surface area contributed by atoms with Gasteiger partial charge in [0.1, 0.15) is 6.10 Å². The van der Waals surface area contributed by atoms with Crippen LogP contribution in [0, 0.1) is 0 Å². The van der Waals surface area contributed by atoms with Crippen LogP contribution in [0.4, 0.5) is 5.69 Å². The zero-order chi connectivity index (χ0) is 12.1. The van der Waals surface area contributed by atoms with Crippen LogP contribution in [0.2, 0.25) is 0 Å². The van der Waals surface area contributed by atoms with Gasteiger partial charge in [0.2, 0.25) is 0 Å². The number of carbonyl (C=O) groups is 1. The van der Waals surface area contributed by atoms with E-state index in [2.05, 4.69) is 5.32 Å². The number of anilines is 1. The third-order valence-corrected chi connectivity index (χ3v) is 2.27. The highest BCUT2D eigenvalue weighted by Crippen LogP contribution is 2.21. The summed E-state index contributed by atoms with van der Waals surface area (Å²) in [6.45, 7) is 0. The van der Waals surface area contributed by atoms with Crippen molar-refractivity contribution in [2.24, 2.45) is 0 Å². The summed E-state index contributed by atoms with van der Waals surface area (Å²) in [4.78, 5) is 10.4. The van der Waals surface area contributed by atoms with Gasteiger partial charge in [0.05, 0.1) is 12.5 Å². The summed E-state index contributed by atoms with van der Waals surface area (Å²) >= 11 is 0. The highest BCUT2D eigenvalue weighted by molar-refractivity contribution is 5.67. The number of nitrogens with one attached hydrogen (secondary N) is 1. The molecule has 0 aliphatic rings. The number of carboxylic acids is 1. The minimum absolute atomic E-state index is 0.481. The van der Waals surface area contributed by atoms with Gasteiger partial charge in [-0.1, -0.05) is 12.1 Å². The largest absolute Gasteiger partial charge is 0.481 e. The Labute approximate surface area is 93.4 Å². The molecule has 1 aromatic rings. The zero-order valence-corrected chi connectivity index (χ0v) is 8.92. The first-order valence-electron chi connectivity index (χ1n) is 4.90. The third kappa shape index (κ3) is 3.22. The number of hydrogen-bond donors (Lipinski definition) is 4. The van der Waals surface area contributed by atoms with Crippen molar-refractivity contribution in [2.75, 3.05) is 12.4 Å². The molecule has 4 N–H and O–H groups in total. The lowest BCUT2D eigenvalue weighted by atomic mass is 10.0. The highest BCUT2D eigenvalue weighted by Gasteiger charge is 2.21. The van der Waals surface area contributed by atoms with Crippen molar-refractivity contribution in [2.45, 2.75) is 18.6 Å². The van der Waals surface area contributed by atoms with Gasteiger partial charge in [0, 0.05) is 12.7 Å². The predicted octanol–water partition coefficient (Wildman–Crippen LogP) is 0.597. The lowest BCUT2D eigenvalue weighted by Crippen LogP contribution is -2.21. The summed E-state index contributed by atoms with van der Waals surface area (Å²) in [6.07, 6.45) is -2.97. The Balaban J connectivity index is 2.78. The average Bonchev–Trinajstić information content (AvgIpc) is 2.27. The molecule has 16 heavy (non-hydrogen) atoms. The zero-order valence-electron chi connectivity index (χ0n) is 8.92. The van der Waals surface area contributed by atoms with E-state index in [0.717, 1.165) is 5.69 Å². The molecule has 0 aromatic heterocycles. The standard InChI is InChI=1S/C11H15NO4/c1-12-8-4-2-3-7(5-8)11(16)9(13)6-10(14)15/h2-5,9,11-13,16H,6H2,1H3,(H,14,15). The minimum atomic E-state index is -1.30. The van der Waals surface area contributed by atoms with Gasteiger partial charge >= 0.3 is 5.97 Å². The Morgan fingerprint density at radius 2 is 2.12 bits per heavy atom. The Morgan fingerprint density at radius 3 is 2.69 bits per heavy atom. The van der Waals surface area contributed by atoms with E-state index in [9.17, 15) is 15.0 Å². The van der Waals surface area contributed by atoms with E-state index in [1.54, 1.807) is 31.3 Å². The van der Waals surface area contributed by atoms with E-state index >= 15 is 0 Å². The van der Waals surface area contributed by atoms with Crippen molar-refractivity contribution in [3.05, 3.63) is 29.8 Å². The Bertz CT molecular complexity index is 367. The fraction of sp³-hybridized carbons (Fsp3) is 0.364. The van der Waals surface area contributed by atoms with Crippen LogP contribution in [0.5, 0.6) is 0 Å². The molecule has 0 saturated carbocycles.